The third-order valence-electron chi connectivity index (χ3n) is 4.48. The molecule has 0 spiro atoms. The average molecular weight is 304 g/mol. The van der Waals surface area contributed by atoms with Crippen LogP contribution in [-0.4, -0.2) is 9.78 Å². The summed E-state index contributed by atoms with van der Waals surface area (Å²) < 4.78 is 1.79. The number of nitrogens with zero attached hydrogens (tertiary/aromatic N) is 2. The van der Waals surface area contributed by atoms with Crippen LogP contribution in [0.3, 0.4) is 0 Å². The van der Waals surface area contributed by atoms with Crippen molar-refractivity contribution >= 4 is 17.4 Å². The van der Waals surface area contributed by atoms with E-state index in [2.05, 4.69) is 11.2 Å². The van der Waals surface area contributed by atoms with Crippen molar-refractivity contribution < 1.29 is 0 Å². The molecule has 0 unspecified atom stereocenters. The fourth-order valence-electron chi connectivity index (χ4n) is 3.36. The Bertz CT molecular complexity index is 627. The summed E-state index contributed by atoms with van der Waals surface area (Å²) in [6.45, 7) is 0. The Balaban J connectivity index is 1.95. The summed E-state index contributed by atoms with van der Waals surface area (Å²) in [6.07, 6.45) is 7.71. The lowest BCUT2D eigenvalue weighted by Gasteiger charge is -2.21. The van der Waals surface area contributed by atoms with E-state index in [1.807, 2.05) is 25.2 Å². The van der Waals surface area contributed by atoms with Crippen LogP contribution < -0.4 is 5.73 Å². The highest BCUT2D eigenvalue weighted by molar-refractivity contribution is 6.30. The monoisotopic (exact) mass is 303 g/mol. The summed E-state index contributed by atoms with van der Waals surface area (Å²) in [5.41, 5.74) is 9.49. The van der Waals surface area contributed by atoms with Gasteiger partial charge in [0.05, 0.1) is 5.69 Å². The fraction of sp³-hybridized carbons (Fsp3) is 0.471. The number of hydrogen-bond acceptors (Lipinski definition) is 2. The summed E-state index contributed by atoms with van der Waals surface area (Å²) in [7, 11) is 1.91. The number of hydrogen-bond donors (Lipinski definition) is 1. The molecule has 2 N–H and O–H groups in total. The van der Waals surface area contributed by atoms with Gasteiger partial charge in [-0.2, -0.15) is 5.10 Å². The molecule has 1 aliphatic rings. The summed E-state index contributed by atoms with van der Waals surface area (Å²) in [4.78, 5) is 0. The Labute approximate surface area is 131 Å². The maximum atomic E-state index is 6.25. The van der Waals surface area contributed by atoms with E-state index in [4.69, 9.17) is 17.3 Å². The van der Waals surface area contributed by atoms with Gasteiger partial charge in [0.2, 0.25) is 0 Å². The summed E-state index contributed by atoms with van der Waals surface area (Å²) >= 11 is 6.13. The molecule has 0 bridgehead atoms. The highest BCUT2D eigenvalue weighted by Gasteiger charge is 2.21. The van der Waals surface area contributed by atoms with E-state index in [1.54, 1.807) is 4.68 Å². The first-order valence-corrected chi connectivity index (χ1v) is 8.10. The molecule has 1 saturated carbocycles. The minimum atomic E-state index is 0.725. The molecular weight excluding hydrogens is 282 g/mol. The largest absolute Gasteiger partial charge is 0.383 e. The van der Waals surface area contributed by atoms with Crippen molar-refractivity contribution in [3.63, 3.8) is 0 Å². The molecule has 1 aromatic carbocycles. The quantitative estimate of drug-likeness (QED) is 0.910. The lowest BCUT2D eigenvalue weighted by molar-refractivity contribution is 0.354. The zero-order valence-corrected chi connectivity index (χ0v) is 13.2. The number of nitrogen functional groups attached to an aromatic ring is 1. The number of benzene rings is 1. The second kappa shape index (κ2) is 6.10. The molecule has 1 aliphatic carbocycles. The third-order valence-corrected chi connectivity index (χ3v) is 4.72. The van der Waals surface area contributed by atoms with Crippen molar-refractivity contribution in [2.75, 3.05) is 5.73 Å². The number of anilines is 1. The Morgan fingerprint density at radius 3 is 2.76 bits per heavy atom. The van der Waals surface area contributed by atoms with Gasteiger partial charge >= 0.3 is 0 Å². The smallest absolute Gasteiger partial charge is 0.129 e. The van der Waals surface area contributed by atoms with Crippen LogP contribution in [0, 0.1) is 5.92 Å². The average Bonchev–Trinajstić information content (AvgIpc) is 2.75. The van der Waals surface area contributed by atoms with Crippen LogP contribution in [0.1, 0.15) is 37.8 Å². The van der Waals surface area contributed by atoms with E-state index < -0.39 is 0 Å². The number of aromatic nitrogens is 2. The van der Waals surface area contributed by atoms with Gasteiger partial charge in [-0.05, 0) is 30.0 Å². The number of aryl methyl sites for hydroxylation is 1. The molecule has 21 heavy (non-hydrogen) atoms. The molecule has 1 heterocycles. The van der Waals surface area contributed by atoms with E-state index in [0.717, 1.165) is 40.0 Å². The van der Waals surface area contributed by atoms with Crippen LogP contribution >= 0.6 is 11.6 Å². The van der Waals surface area contributed by atoms with Crippen molar-refractivity contribution in [1.82, 2.24) is 9.78 Å². The topological polar surface area (TPSA) is 43.8 Å². The normalized spacial score (nSPS) is 16.3. The minimum Gasteiger partial charge on any atom is -0.383 e. The van der Waals surface area contributed by atoms with Crippen LogP contribution in [0.15, 0.2) is 24.3 Å². The minimum absolute atomic E-state index is 0.725. The Hall–Kier alpha value is -1.48. The molecule has 0 atom stereocenters. The SMILES string of the molecule is Cn1nc(CC2CCCCC2)c(-c2cccc(Cl)c2)c1N. The highest BCUT2D eigenvalue weighted by atomic mass is 35.5. The second-order valence-electron chi connectivity index (χ2n) is 6.05. The Kier molecular flexibility index (Phi) is 4.20. The van der Waals surface area contributed by atoms with Gasteiger partial charge in [-0.15, -0.1) is 0 Å². The molecule has 3 nitrogen and oxygen atoms in total. The van der Waals surface area contributed by atoms with Crippen LogP contribution in [0.5, 0.6) is 0 Å². The first-order valence-electron chi connectivity index (χ1n) is 7.72. The number of nitrogens with two attached hydrogens (primary N) is 1. The van der Waals surface area contributed by atoms with Crippen LogP contribution in [0.4, 0.5) is 5.82 Å². The van der Waals surface area contributed by atoms with Crippen molar-refractivity contribution in [3.05, 3.63) is 35.0 Å². The van der Waals surface area contributed by atoms with Gasteiger partial charge in [-0.3, -0.25) is 4.68 Å². The first-order chi connectivity index (χ1) is 10.1. The standard InChI is InChI=1S/C17H22ClN3/c1-21-17(19)16(13-8-5-9-14(18)11-13)15(20-21)10-12-6-3-2-4-7-12/h5,8-9,11-12H,2-4,6-7,10,19H2,1H3. The Morgan fingerprint density at radius 1 is 1.29 bits per heavy atom. The van der Waals surface area contributed by atoms with Gasteiger partial charge in [-0.25, -0.2) is 0 Å². The van der Waals surface area contributed by atoms with Crippen molar-refractivity contribution in [2.24, 2.45) is 13.0 Å². The number of rotatable bonds is 3. The van der Waals surface area contributed by atoms with Crippen LogP contribution in [-0.2, 0) is 13.5 Å². The molecule has 0 amide bonds. The lowest BCUT2D eigenvalue weighted by atomic mass is 9.85. The fourth-order valence-corrected chi connectivity index (χ4v) is 3.55. The van der Waals surface area contributed by atoms with Crippen LogP contribution in [0.2, 0.25) is 5.02 Å². The van der Waals surface area contributed by atoms with E-state index in [-0.39, 0.29) is 0 Å². The molecule has 0 radical (unpaired) electrons. The molecule has 0 aliphatic heterocycles. The maximum absolute atomic E-state index is 6.25. The predicted molar refractivity (Wildman–Crippen MR) is 88.3 cm³/mol. The Morgan fingerprint density at radius 2 is 2.05 bits per heavy atom. The molecule has 0 saturated heterocycles. The van der Waals surface area contributed by atoms with Gasteiger partial charge < -0.3 is 5.73 Å². The van der Waals surface area contributed by atoms with Crippen molar-refractivity contribution in [2.45, 2.75) is 38.5 Å². The third kappa shape index (κ3) is 3.08. The molecule has 1 aromatic heterocycles. The highest BCUT2D eigenvalue weighted by Crippen LogP contribution is 2.34. The number of halogens is 1. The summed E-state index contributed by atoms with van der Waals surface area (Å²) in [6, 6.07) is 7.88. The van der Waals surface area contributed by atoms with Gasteiger partial charge in [0, 0.05) is 17.6 Å². The first kappa shape index (κ1) is 14.5. The summed E-state index contributed by atoms with van der Waals surface area (Å²) in [5.74, 6) is 1.47. The van der Waals surface area contributed by atoms with Gasteiger partial charge in [0.1, 0.15) is 5.82 Å². The second-order valence-corrected chi connectivity index (χ2v) is 6.49. The predicted octanol–water partition coefficient (Wildman–Crippen LogP) is 4.45. The van der Waals surface area contributed by atoms with Gasteiger partial charge in [0.15, 0.2) is 0 Å². The zero-order chi connectivity index (χ0) is 14.8. The van der Waals surface area contributed by atoms with Gasteiger partial charge in [0.25, 0.3) is 0 Å². The maximum Gasteiger partial charge on any atom is 0.129 e. The van der Waals surface area contributed by atoms with E-state index in [9.17, 15) is 0 Å². The van der Waals surface area contributed by atoms with Crippen LogP contribution in [0.25, 0.3) is 11.1 Å². The van der Waals surface area contributed by atoms with Crippen molar-refractivity contribution in [3.8, 4) is 11.1 Å². The van der Waals surface area contributed by atoms with E-state index in [0.29, 0.717) is 0 Å². The molecule has 112 valence electrons. The lowest BCUT2D eigenvalue weighted by Crippen LogP contribution is -2.10. The molecular formula is C17H22ClN3. The van der Waals surface area contributed by atoms with E-state index >= 15 is 0 Å². The van der Waals surface area contributed by atoms with Crippen molar-refractivity contribution in [1.29, 1.82) is 0 Å². The molecule has 2 aromatic rings. The van der Waals surface area contributed by atoms with E-state index in [1.165, 1.54) is 32.1 Å². The van der Waals surface area contributed by atoms with Gasteiger partial charge in [-0.1, -0.05) is 55.8 Å². The zero-order valence-electron chi connectivity index (χ0n) is 12.5. The molecule has 4 heteroatoms. The molecule has 1 fully saturated rings. The summed E-state index contributed by atoms with van der Waals surface area (Å²) in [5, 5.41) is 5.39. The molecule has 3 rings (SSSR count).